The lowest BCUT2D eigenvalue weighted by Crippen LogP contribution is -2.46. The molecule has 130 valence electrons. The van der Waals surface area contributed by atoms with Gasteiger partial charge in [0.05, 0.1) is 12.7 Å². The van der Waals surface area contributed by atoms with Gasteiger partial charge in [0, 0.05) is 6.42 Å². The second kappa shape index (κ2) is 6.69. The van der Waals surface area contributed by atoms with Crippen molar-refractivity contribution in [1.29, 1.82) is 0 Å². The Labute approximate surface area is 135 Å². The molecule has 0 spiro atoms. The van der Waals surface area contributed by atoms with Crippen molar-refractivity contribution in [3.05, 3.63) is 0 Å². The van der Waals surface area contributed by atoms with Crippen LogP contribution in [0.3, 0.4) is 0 Å². The molecule has 1 rings (SSSR count). The Hall–Kier alpha value is -0.273. The summed E-state index contributed by atoms with van der Waals surface area (Å²) in [7, 11) is -1.90. The van der Waals surface area contributed by atoms with Crippen molar-refractivity contribution < 1.29 is 23.8 Å². The first-order chi connectivity index (χ1) is 9.75. The van der Waals surface area contributed by atoms with Gasteiger partial charge in [-0.1, -0.05) is 20.8 Å². The van der Waals surface area contributed by atoms with Crippen LogP contribution in [0.15, 0.2) is 0 Å². The number of hydrogen-bond acceptors (Lipinski definition) is 5. The molecule has 6 heteroatoms. The minimum atomic E-state index is -1.90. The Morgan fingerprint density at radius 3 is 2.32 bits per heavy atom. The summed E-state index contributed by atoms with van der Waals surface area (Å²) in [4.78, 5) is 11.2. The van der Waals surface area contributed by atoms with E-state index in [1.54, 1.807) is 0 Å². The van der Waals surface area contributed by atoms with Gasteiger partial charge in [-0.05, 0) is 38.9 Å². The molecule has 1 heterocycles. The molecule has 0 unspecified atom stereocenters. The molecule has 1 fully saturated rings. The van der Waals surface area contributed by atoms with Gasteiger partial charge in [0.1, 0.15) is 18.0 Å². The zero-order chi connectivity index (χ0) is 17.3. The minimum absolute atomic E-state index is 0.0649. The number of aliphatic hydroxyl groups is 1. The lowest BCUT2D eigenvalue weighted by molar-refractivity contribution is -0.157. The van der Waals surface area contributed by atoms with Crippen molar-refractivity contribution >= 4 is 14.1 Å². The second-order valence-electron chi connectivity index (χ2n) is 8.18. The molecule has 1 saturated heterocycles. The van der Waals surface area contributed by atoms with Crippen molar-refractivity contribution in [2.75, 3.05) is 6.61 Å². The van der Waals surface area contributed by atoms with Crippen LogP contribution >= 0.6 is 0 Å². The molecule has 1 N–H and O–H groups in total. The van der Waals surface area contributed by atoms with Crippen LogP contribution < -0.4 is 0 Å². The maximum atomic E-state index is 11.2. The quantitative estimate of drug-likeness (QED) is 0.758. The lowest BCUT2D eigenvalue weighted by Gasteiger charge is -2.37. The molecular weight excluding hydrogens is 300 g/mol. The van der Waals surface area contributed by atoms with Crippen molar-refractivity contribution in [2.45, 2.75) is 90.2 Å². The smallest absolute Gasteiger partial charge is 0.192 e. The molecule has 1 aliphatic rings. The van der Waals surface area contributed by atoms with E-state index >= 15 is 0 Å². The highest BCUT2D eigenvalue weighted by Gasteiger charge is 2.46. The van der Waals surface area contributed by atoms with E-state index < -0.39 is 26.3 Å². The summed E-state index contributed by atoms with van der Waals surface area (Å²) in [5.41, 5.74) is 0. The highest BCUT2D eigenvalue weighted by molar-refractivity contribution is 6.74. The van der Waals surface area contributed by atoms with Gasteiger partial charge in [-0.3, -0.25) is 4.79 Å². The molecular formula is C16H32O5Si. The summed E-state index contributed by atoms with van der Waals surface area (Å²) >= 11 is 0. The second-order valence-corrected chi connectivity index (χ2v) is 13.0. The number of ketones is 1. The van der Waals surface area contributed by atoms with Gasteiger partial charge in [0.15, 0.2) is 14.1 Å². The fourth-order valence-corrected chi connectivity index (χ4v) is 3.25. The van der Waals surface area contributed by atoms with Crippen molar-refractivity contribution in [2.24, 2.45) is 0 Å². The van der Waals surface area contributed by atoms with E-state index in [2.05, 4.69) is 33.9 Å². The summed E-state index contributed by atoms with van der Waals surface area (Å²) < 4.78 is 17.9. The molecule has 0 aromatic carbocycles. The third-order valence-corrected chi connectivity index (χ3v) is 9.01. The summed E-state index contributed by atoms with van der Waals surface area (Å²) in [5, 5.41) is 10.3. The Balaban J connectivity index is 2.75. The first kappa shape index (κ1) is 19.8. The third kappa shape index (κ3) is 5.13. The first-order valence-electron chi connectivity index (χ1n) is 7.92. The standard InChI is InChI=1S/C16H32O5Si/c1-11(17)9-12(18)14-13(20-16(5,6)21-14)10-19-22(7,8)15(2,3)4/h12-14,18H,9-10H2,1-8H3/t12-,13+,14+/m1/s1. The van der Waals surface area contributed by atoms with E-state index in [1.807, 2.05) is 13.8 Å². The predicted molar refractivity (Wildman–Crippen MR) is 88.3 cm³/mol. The van der Waals surface area contributed by atoms with Gasteiger partial charge in [0.25, 0.3) is 0 Å². The van der Waals surface area contributed by atoms with E-state index in [4.69, 9.17) is 13.9 Å². The fraction of sp³-hybridized carbons (Fsp3) is 0.938. The first-order valence-corrected chi connectivity index (χ1v) is 10.8. The average Bonchev–Trinajstić information content (AvgIpc) is 2.60. The monoisotopic (exact) mass is 332 g/mol. The lowest BCUT2D eigenvalue weighted by atomic mass is 10.0. The summed E-state index contributed by atoms with van der Waals surface area (Å²) in [6.07, 6.45) is -1.70. The molecule has 22 heavy (non-hydrogen) atoms. The number of hydrogen-bond donors (Lipinski definition) is 1. The maximum Gasteiger partial charge on any atom is 0.192 e. The van der Waals surface area contributed by atoms with Crippen LogP contribution in [0.5, 0.6) is 0 Å². The van der Waals surface area contributed by atoms with E-state index in [9.17, 15) is 9.90 Å². The Bertz CT molecular complexity index is 400. The number of ether oxygens (including phenoxy) is 2. The summed E-state index contributed by atoms with van der Waals surface area (Å²) in [6.45, 7) is 16.3. The SMILES string of the molecule is CC(=O)C[C@@H](O)[C@@H]1OC(C)(C)O[C@H]1CO[Si](C)(C)C(C)(C)C. The normalized spacial score (nSPS) is 27.0. The fourth-order valence-electron chi connectivity index (χ4n) is 2.24. The zero-order valence-electron chi connectivity index (χ0n) is 15.2. The zero-order valence-corrected chi connectivity index (χ0v) is 16.2. The van der Waals surface area contributed by atoms with Gasteiger partial charge in [0.2, 0.25) is 0 Å². The Morgan fingerprint density at radius 2 is 1.86 bits per heavy atom. The average molecular weight is 333 g/mol. The number of carbonyl (C=O) groups excluding carboxylic acids is 1. The third-order valence-electron chi connectivity index (χ3n) is 4.51. The molecule has 0 amide bonds. The Morgan fingerprint density at radius 1 is 1.32 bits per heavy atom. The van der Waals surface area contributed by atoms with Gasteiger partial charge in [-0.2, -0.15) is 0 Å². The molecule has 1 aliphatic heterocycles. The molecule has 3 atom stereocenters. The van der Waals surface area contributed by atoms with Crippen LogP contribution in [0.1, 0.15) is 48.0 Å². The number of Topliss-reactive ketones (excluding diaryl/α,β-unsaturated/α-hetero) is 1. The van der Waals surface area contributed by atoms with Crippen molar-refractivity contribution in [1.82, 2.24) is 0 Å². The van der Waals surface area contributed by atoms with Crippen LogP contribution in [0.2, 0.25) is 18.1 Å². The summed E-state index contributed by atoms with van der Waals surface area (Å²) in [5.74, 6) is -0.839. The Kier molecular flexibility index (Phi) is 6.01. The molecule has 0 aliphatic carbocycles. The molecule has 0 saturated carbocycles. The molecule has 5 nitrogen and oxygen atoms in total. The van der Waals surface area contributed by atoms with Gasteiger partial charge >= 0.3 is 0 Å². The topological polar surface area (TPSA) is 65.0 Å². The molecule has 0 radical (unpaired) electrons. The van der Waals surface area contributed by atoms with E-state index in [0.717, 1.165) is 0 Å². The molecule has 0 aromatic heterocycles. The van der Waals surface area contributed by atoms with E-state index in [1.165, 1.54) is 6.92 Å². The van der Waals surface area contributed by atoms with Crippen LogP contribution in [-0.4, -0.2) is 49.9 Å². The van der Waals surface area contributed by atoms with Gasteiger partial charge < -0.3 is 19.0 Å². The van der Waals surface area contributed by atoms with E-state index in [-0.39, 0.29) is 23.3 Å². The predicted octanol–water partition coefficient (Wildman–Crippen LogP) is 2.87. The van der Waals surface area contributed by atoms with Crippen LogP contribution in [0, 0.1) is 0 Å². The minimum Gasteiger partial charge on any atom is -0.414 e. The number of carbonyl (C=O) groups is 1. The van der Waals surface area contributed by atoms with E-state index in [0.29, 0.717) is 6.61 Å². The van der Waals surface area contributed by atoms with Crippen LogP contribution in [-0.2, 0) is 18.7 Å². The van der Waals surface area contributed by atoms with Crippen molar-refractivity contribution in [3.63, 3.8) is 0 Å². The van der Waals surface area contributed by atoms with Gasteiger partial charge in [-0.15, -0.1) is 0 Å². The maximum absolute atomic E-state index is 11.2. The highest BCUT2D eigenvalue weighted by atomic mass is 28.4. The number of aliphatic hydroxyl groups excluding tert-OH is 1. The number of rotatable bonds is 6. The van der Waals surface area contributed by atoms with Crippen LogP contribution in [0.25, 0.3) is 0 Å². The van der Waals surface area contributed by atoms with Crippen molar-refractivity contribution in [3.8, 4) is 0 Å². The molecule has 0 bridgehead atoms. The van der Waals surface area contributed by atoms with Gasteiger partial charge in [-0.25, -0.2) is 0 Å². The highest BCUT2D eigenvalue weighted by Crippen LogP contribution is 2.38. The van der Waals surface area contributed by atoms with Crippen LogP contribution in [0.4, 0.5) is 0 Å². The summed E-state index contributed by atoms with van der Waals surface area (Å²) in [6, 6.07) is 0. The molecule has 0 aromatic rings. The largest absolute Gasteiger partial charge is 0.414 e.